The van der Waals surface area contributed by atoms with Crippen molar-refractivity contribution in [3.63, 3.8) is 0 Å². The van der Waals surface area contributed by atoms with E-state index in [1.807, 2.05) is 6.92 Å². The Morgan fingerprint density at radius 3 is 1.97 bits per heavy atom. The molecule has 174 valence electrons. The Bertz CT molecular complexity index is 1180. The van der Waals surface area contributed by atoms with Gasteiger partial charge < -0.3 is 13.7 Å². The van der Waals surface area contributed by atoms with E-state index in [0.29, 0.717) is 0 Å². The van der Waals surface area contributed by atoms with E-state index in [1.165, 1.54) is 57.7 Å². The molecule has 0 spiro atoms. The van der Waals surface area contributed by atoms with E-state index >= 15 is 0 Å². The molecule has 9 nitrogen and oxygen atoms in total. The molecule has 11 heteroatoms. The fourth-order valence-corrected chi connectivity index (χ4v) is 5.95. The van der Waals surface area contributed by atoms with Gasteiger partial charge in [-0.2, -0.15) is 12.7 Å². The molecule has 0 radical (unpaired) electrons. The van der Waals surface area contributed by atoms with Crippen LogP contribution in [0.1, 0.15) is 18.4 Å². The molecule has 1 fully saturated rings. The molecule has 1 aliphatic carbocycles. The molecule has 2 aromatic rings. The highest BCUT2D eigenvalue weighted by Gasteiger charge is 2.58. The largest absolute Gasteiger partial charge is 0.468 e. The Morgan fingerprint density at radius 2 is 1.47 bits per heavy atom. The predicted molar refractivity (Wildman–Crippen MR) is 115 cm³/mol. The van der Waals surface area contributed by atoms with Crippen molar-refractivity contribution in [1.82, 2.24) is 4.31 Å². The van der Waals surface area contributed by atoms with Crippen LogP contribution in [0.25, 0.3) is 0 Å². The molecule has 1 saturated carbocycles. The summed E-state index contributed by atoms with van der Waals surface area (Å²) < 4.78 is 67.3. The van der Waals surface area contributed by atoms with Crippen LogP contribution in [-0.2, 0) is 34.4 Å². The number of hydrogen-bond donors (Lipinski definition) is 0. The van der Waals surface area contributed by atoms with Crippen LogP contribution in [0.4, 0.5) is 0 Å². The van der Waals surface area contributed by atoms with Crippen molar-refractivity contribution in [3.8, 4) is 5.75 Å². The Balaban J connectivity index is 1.83. The third-order valence-corrected chi connectivity index (χ3v) is 8.83. The van der Waals surface area contributed by atoms with Crippen LogP contribution < -0.4 is 4.18 Å². The number of ether oxygens (including phenoxy) is 2. The van der Waals surface area contributed by atoms with Crippen molar-refractivity contribution in [2.75, 3.05) is 21.3 Å². The average Bonchev–Trinajstić information content (AvgIpc) is 2.73. The van der Waals surface area contributed by atoms with E-state index in [1.54, 1.807) is 12.1 Å². The zero-order valence-corrected chi connectivity index (χ0v) is 19.8. The number of carbonyl (C=O) groups is 1. The van der Waals surface area contributed by atoms with E-state index in [9.17, 15) is 21.6 Å². The summed E-state index contributed by atoms with van der Waals surface area (Å²) in [5, 5.41) is 0. The molecular weight excluding hydrogens is 458 g/mol. The van der Waals surface area contributed by atoms with E-state index in [-0.39, 0.29) is 34.5 Å². The maximum atomic E-state index is 13.2. The van der Waals surface area contributed by atoms with Gasteiger partial charge in [-0.1, -0.05) is 17.7 Å². The van der Waals surface area contributed by atoms with Gasteiger partial charge in [-0.15, -0.1) is 0 Å². The van der Waals surface area contributed by atoms with Gasteiger partial charge in [0.15, 0.2) is 0 Å². The van der Waals surface area contributed by atoms with Gasteiger partial charge in [-0.3, -0.25) is 4.79 Å². The predicted octanol–water partition coefficient (Wildman–Crippen LogP) is 2.10. The minimum absolute atomic E-state index is 0.0165. The van der Waals surface area contributed by atoms with Crippen molar-refractivity contribution >= 4 is 26.1 Å². The molecule has 1 aliphatic rings. The number of nitrogens with zero attached hydrogens (tertiary/aromatic N) is 1. The van der Waals surface area contributed by atoms with E-state index in [2.05, 4.69) is 0 Å². The highest BCUT2D eigenvalue weighted by molar-refractivity contribution is 7.89. The molecule has 0 heterocycles. The highest BCUT2D eigenvalue weighted by atomic mass is 32.2. The summed E-state index contributed by atoms with van der Waals surface area (Å²) in [6.07, 6.45) is 0.0820. The molecular formula is C21H25NO8S2. The third kappa shape index (κ3) is 4.38. The summed E-state index contributed by atoms with van der Waals surface area (Å²) >= 11 is 0. The lowest BCUT2D eigenvalue weighted by molar-refractivity contribution is -0.166. The average molecular weight is 484 g/mol. The number of sulfonamides is 1. The van der Waals surface area contributed by atoms with Crippen LogP contribution in [0.15, 0.2) is 58.3 Å². The first-order valence-corrected chi connectivity index (χ1v) is 12.5. The van der Waals surface area contributed by atoms with Crippen LogP contribution in [0.3, 0.4) is 0 Å². The Hall–Kier alpha value is -2.47. The summed E-state index contributed by atoms with van der Waals surface area (Å²) in [4.78, 5) is 12.3. The van der Waals surface area contributed by atoms with Gasteiger partial charge in [0, 0.05) is 27.0 Å². The van der Waals surface area contributed by atoms with E-state index < -0.39 is 31.6 Å². The second kappa shape index (κ2) is 8.81. The van der Waals surface area contributed by atoms with Crippen molar-refractivity contribution < 1.29 is 35.3 Å². The Labute approximate surface area is 188 Å². The first kappa shape index (κ1) is 24.2. The summed E-state index contributed by atoms with van der Waals surface area (Å²) in [5.41, 5.74) is -0.464. The number of likely N-dealkylation sites (N-methyl/N-ethyl adjacent to an activating group) is 1. The van der Waals surface area contributed by atoms with Gasteiger partial charge in [0.2, 0.25) is 10.0 Å². The van der Waals surface area contributed by atoms with E-state index in [4.69, 9.17) is 13.7 Å². The fraction of sp³-hybridized carbons (Fsp3) is 0.381. The third-order valence-electron chi connectivity index (χ3n) is 5.63. The summed E-state index contributed by atoms with van der Waals surface area (Å²) in [6, 6.07) is 11.1. The summed E-state index contributed by atoms with van der Waals surface area (Å²) in [6.45, 7) is 1.83. The molecule has 2 aromatic carbocycles. The maximum Gasteiger partial charge on any atom is 0.339 e. The summed E-state index contributed by atoms with van der Waals surface area (Å²) in [7, 11) is -4.16. The molecule has 32 heavy (non-hydrogen) atoms. The van der Waals surface area contributed by atoms with Crippen molar-refractivity contribution in [2.45, 2.75) is 41.2 Å². The highest BCUT2D eigenvalue weighted by Crippen LogP contribution is 2.42. The summed E-state index contributed by atoms with van der Waals surface area (Å²) in [5.74, 6) is -0.709. The fourth-order valence-electron chi connectivity index (χ4n) is 3.54. The lowest BCUT2D eigenvalue weighted by Crippen LogP contribution is -2.65. The standard InChI is InChI=1S/C21H25NO8S2/c1-15-5-9-19(10-6-15)32(26,27)30-16-7-11-18(12-8-16)31(24,25)22(2)21(20(23)29-4)13-17(14-21)28-3/h5-12,17H,13-14H2,1-4H3. The second-order valence-electron chi connectivity index (χ2n) is 7.58. The SMILES string of the molecule is COC(=O)C1(N(C)S(=O)(=O)c2ccc(OS(=O)(=O)c3ccc(C)cc3)cc2)CC(OC)C1. The van der Waals surface area contributed by atoms with Gasteiger partial charge in [0.1, 0.15) is 16.2 Å². The van der Waals surface area contributed by atoms with Crippen molar-refractivity contribution in [2.24, 2.45) is 0 Å². The minimum Gasteiger partial charge on any atom is -0.468 e. The molecule has 0 bridgehead atoms. The number of rotatable bonds is 8. The molecule has 0 atom stereocenters. The number of hydrogen-bond acceptors (Lipinski definition) is 8. The number of aryl methyl sites for hydroxylation is 1. The topological polar surface area (TPSA) is 116 Å². The van der Waals surface area contributed by atoms with Gasteiger partial charge in [-0.05, 0) is 43.3 Å². The van der Waals surface area contributed by atoms with Gasteiger partial charge in [0.25, 0.3) is 0 Å². The molecule has 0 saturated heterocycles. The molecule has 3 rings (SSSR count). The maximum absolute atomic E-state index is 13.2. The normalized spacial score (nSPS) is 21.1. The number of benzene rings is 2. The van der Waals surface area contributed by atoms with Crippen LogP contribution in [-0.4, -0.2) is 60.0 Å². The molecule has 0 aromatic heterocycles. The number of methoxy groups -OCH3 is 2. The lowest BCUT2D eigenvalue weighted by Gasteiger charge is -2.48. The van der Waals surface area contributed by atoms with Gasteiger partial charge in [-0.25, -0.2) is 8.42 Å². The zero-order chi connectivity index (χ0) is 23.7. The van der Waals surface area contributed by atoms with Crippen LogP contribution >= 0.6 is 0 Å². The van der Waals surface area contributed by atoms with Gasteiger partial charge >= 0.3 is 16.1 Å². The second-order valence-corrected chi connectivity index (χ2v) is 11.1. The number of carbonyl (C=O) groups excluding carboxylic acids is 1. The van der Waals surface area contributed by atoms with Crippen molar-refractivity contribution in [1.29, 1.82) is 0 Å². The Morgan fingerprint density at radius 1 is 0.938 bits per heavy atom. The molecule has 0 amide bonds. The van der Waals surface area contributed by atoms with Crippen LogP contribution in [0, 0.1) is 6.92 Å². The monoisotopic (exact) mass is 483 g/mol. The first-order valence-electron chi connectivity index (χ1n) is 9.68. The molecule has 0 N–H and O–H groups in total. The quantitative estimate of drug-likeness (QED) is 0.414. The minimum atomic E-state index is -4.09. The van der Waals surface area contributed by atoms with Crippen LogP contribution in [0.2, 0.25) is 0 Å². The molecule has 0 aliphatic heterocycles. The number of esters is 1. The van der Waals surface area contributed by atoms with Gasteiger partial charge in [0.05, 0.1) is 18.1 Å². The van der Waals surface area contributed by atoms with E-state index in [0.717, 1.165) is 9.87 Å². The first-order chi connectivity index (χ1) is 15.0. The Kier molecular flexibility index (Phi) is 6.66. The van der Waals surface area contributed by atoms with Crippen molar-refractivity contribution in [3.05, 3.63) is 54.1 Å². The smallest absolute Gasteiger partial charge is 0.339 e. The zero-order valence-electron chi connectivity index (χ0n) is 18.1. The van der Waals surface area contributed by atoms with Crippen LogP contribution in [0.5, 0.6) is 5.75 Å². The molecule has 0 unspecified atom stereocenters. The lowest BCUT2D eigenvalue weighted by atomic mass is 9.74.